The molecular formula is C45H25N5. The van der Waals surface area contributed by atoms with E-state index in [9.17, 15) is 15.8 Å². The average Bonchev–Trinajstić information content (AvgIpc) is 3.70. The second-order valence-corrected chi connectivity index (χ2v) is 12.3. The van der Waals surface area contributed by atoms with Gasteiger partial charge in [-0.15, -0.1) is 0 Å². The molecule has 230 valence electrons. The van der Waals surface area contributed by atoms with Gasteiger partial charge in [-0.1, -0.05) is 97.1 Å². The molecule has 0 atom stereocenters. The first-order valence-corrected chi connectivity index (χ1v) is 16.3. The van der Waals surface area contributed by atoms with Crippen LogP contribution in [0.15, 0.2) is 152 Å². The van der Waals surface area contributed by atoms with Crippen molar-refractivity contribution in [3.8, 4) is 51.8 Å². The Bertz CT molecular complexity index is 2900. The first-order valence-electron chi connectivity index (χ1n) is 16.3. The zero-order valence-corrected chi connectivity index (χ0v) is 26.7. The lowest BCUT2D eigenvalue weighted by molar-refractivity contribution is 1.16. The molecule has 0 saturated carbocycles. The van der Waals surface area contributed by atoms with Crippen LogP contribution < -0.4 is 0 Å². The van der Waals surface area contributed by atoms with Crippen molar-refractivity contribution in [2.45, 2.75) is 0 Å². The van der Waals surface area contributed by atoms with Crippen molar-refractivity contribution in [2.75, 3.05) is 0 Å². The lowest BCUT2D eigenvalue weighted by Crippen LogP contribution is -2.03. The maximum atomic E-state index is 10.6. The fraction of sp³-hybridized carbons (Fsp3) is 0. The summed E-state index contributed by atoms with van der Waals surface area (Å²) in [7, 11) is 0. The minimum absolute atomic E-state index is 0.300. The van der Waals surface area contributed by atoms with E-state index in [0.29, 0.717) is 22.4 Å². The Balaban J connectivity index is 1.27. The molecule has 0 radical (unpaired) electrons. The molecule has 2 heterocycles. The predicted molar refractivity (Wildman–Crippen MR) is 200 cm³/mol. The van der Waals surface area contributed by atoms with Gasteiger partial charge in [0.2, 0.25) is 0 Å². The second kappa shape index (κ2) is 11.4. The molecule has 0 aliphatic heterocycles. The summed E-state index contributed by atoms with van der Waals surface area (Å²) in [4.78, 5) is 0. The van der Waals surface area contributed by atoms with Crippen molar-refractivity contribution < 1.29 is 0 Å². The molecule has 9 aromatic rings. The van der Waals surface area contributed by atoms with Crippen LogP contribution in [0.2, 0.25) is 0 Å². The van der Waals surface area contributed by atoms with E-state index in [1.807, 2.05) is 54.6 Å². The van der Waals surface area contributed by atoms with E-state index >= 15 is 0 Å². The van der Waals surface area contributed by atoms with E-state index in [-0.39, 0.29) is 0 Å². The minimum Gasteiger partial charge on any atom is -0.309 e. The monoisotopic (exact) mass is 635 g/mol. The molecule has 0 saturated heterocycles. The molecule has 0 spiro atoms. The Morgan fingerprint density at radius 2 is 0.960 bits per heavy atom. The van der Waals surface area contributed by atoms with Crippen LogP contribution in [0.25, 0.3) is 77.2 Å². The maximum absolute atomic E-state index is 10.6. The average molecular weight is 636 g/mol. The number of benzene rings is 7. The van der Waals surface area contributed by atoms with Gasteiger partial charge in [0.25, 0.3) is 0 Å². The van der Waals surface area contributed by atoms with Gasteiger partial charge < -0.3 is 9.13 Å². The van der Waals surface area contributed by atoms with Gasteiger partial charge in [-0.25, -0.2) is 0 Å². The third-order valence-corrected chi connectivity index (χ3v) is 9.67. The minimum atomic E-state index is 0.300. The predicted octanol–water partition coefficient (Wildman–Crippen LogP) is 10.8. The number of para-hydroxylation sites is 3. The largest absolute Gasteiger partial charge is 0.309 e. The van der Waals surface area contributed by atoms with Gasteiger partial charge in [-0.05, 0) is 71.3 Å². The summed E-state index contributed by atoms with van der Waals surface area (Å²) in [6, 6.07) is 58.0. The van der Waals surface area contributed by atoms with Crippen LogP contribution in [0.4, 0.5) is 0 Å². The van der Waals surface area contributed by atoms with Gasteiger partial charge in [0.05, 0.1) is 50.5 Å². The lowest BCUT2D eigenvalue weighted by atomic mass is 9.90. The second-order valence-electron chi connectivity index (χ2n) is 12.3. The summed E-state index contributed by atoms with van der Waals surface area (Å²) in [5.41, 5.74) is 10.7. The maximum Gasteiger partial charge on any atom is 0.103 e. The molecule has 7 aromatic carbocycles. The summed E-state index contributed by atoms with van der Waals surface area (Å²) in [5.74, 6) is 0. The summed E-state index contributed by atoms with van der Waals surface area (Å²) in [6.45, 7) is 0. The van der Waals surface area contributed by atoms with Gasteiger partial charge in [-0.3, -0.25) is 0 Å². The van der Waals surface area contributed by atoms with Gasteiger partial charge in [-0.2, -0.15) is 15.8 Å². The van der Waals surface area contributed by atoms with Crippen LogP contribution in [-0.4, -0.2) is 9.13 Å². The van der Waals surface area contributed by atoms with E-state index in [2.05, 4.69) is 112 Å². The molecule has 0 N–H and O–H groups in total. The van der Waals surface area contributed by atoms with Gasteiger partial charge >= 0.3 is 0 Å². The lowest BCUT2D eigenvalue weighted by Gasteiger charge is -2.19. The number of fused-ring (bicyclic) bond motifs is 6. The summed E-state index contributed by atoms with van der Waals surface area (Å²) in [5, 5.41) is 34.8. The summed E-state index contributed by atoms with van der Waals surface area (Å²) < 4.78 is 4.38. The molecule has 9 rings (SSSR count). The highest BCUT2D eigenvalue weighted by Gasteiger charge is 2.23. The van der Waals surface area contributed by atoms with Crippen molar-refractivity contribution >= 4 is 43.6 Å². The fourth-order valence-electron chi connectivity index (χ4n) is 7.49. The highest BCUT2D eigenvalue weighted by Crippen LogP contribution is 2.42. The zero-order chi connectivity index (χ0) is 33.8. The van der Waals surface area contributed by atoms with Crippen LogP contribution >= 0.6 is 0 Å². The molecule has 0 unspecified atom stereocenters. The van der Waals surface area contributed by atoms with Crippen LogP contribution in [0.5, 0.6) is 0 Å². The summed E-state index contributed by atoms with van der Waals surface area (Å²) >= 11 is 0. The van der Waals surface area contributed by atoms with E-state index in [1.165, 1.54) is 10.8 Å². The SMILES string of the molecule is N#Cc1ccc2c(c1)c1ccccc1n2-c1c(-c2ccccc2-c2ccc(-n3c4ccccc4c4ccccc43)cc2)ccc(C#N)c1C#N. The topological polar surface area (TPSA) is 81.2 Å². The first-order chi connectivity index (χ1) is 24.7. The number of hydrogen-bond acceptors (Lipinski definition) is 3. The van der Waals surface area contributed by atoms with Crippen LogP contribution in [-0.2, 0) is 0 Å². The number of nitriles is 3. The van der Waals surface area contributed by atoms with Crippen LogP contribution in [0.1, 0.15) is 16.7 Å². The molecule has 0 aliphatic rings. The molecule has 2 aromatic heterocycles. The third-order valence-electron chi connectivity index (χ3n) is 9.67. The first kappa shape index (κ1) is 28.8. The molecule has 50 heavy (non-hydrogen) atoms. The highest BCUT2D eigenvalue weighted by molar-refractivity contribution is 6.11. The standard InChI is InChI=1S/C45H25N5/c46-26-29-17-24-44-39(25-29)37-13-5-8-16-43(37)50(44)45-38(23-20-31(27-47)40(45)28-48)34-10-2-1-9-33(34)30-18-21-32(22-19-30)49-41-14-6-3-11-35(41)36-12-4-7-15-42(36)49/h1-25H. The Labute approximate surface area is 287 Å². The van der Waals surface area contributed by atoms with Crippen molar-refractivity contribution in [3.05, 3.63) is 168 Å². The van der Waals surface area contributed by atoms with Crippen molar-refractivity contribution in [1.29, 1.82) is 15.8 Å². The molecule has 0 bridgehead atoms. The Hall–Kier alpha value is -7.39. The van der Waals surface area contributed by atoms with E-state index in [0.717, 1.165) is 60.8 Å². The number of nitrogens with zero attached hydrogens (tertiary/aromatic N) is 5. The van der Waals surface area contributed by atoms with Gasteiger partial charge in [0, 0.05) is 32.8 Å². The van der Waals surface area contributed by atoms with Crippen molar-refractivity contribution in [1.82, 2.24) is 9.13 Å². The Morgan fingerprint density at radius 3 is 1.58 bits per heavy atom. The Kier molecular flexibility index (Phi) is 6.56. The van der Waals surface area contributed by atoms with Gasteiger partial charge in [0.15, 0.2) is 0 Å². The van der Waals surface area contributed by atoms with Crippen LogP contribution in [0, 0.1) is 34.0 Å². The molecule has 5 heteroatoms. The number of hydrogen-bond donors (Lipinski definition) is 0. The van der Waals surface area contributed by atoms with Crippen LogP contribution in [0.3, 0.4) is 0 Å². The van der Waals surface area contributed by atoms with E-state index in [4.69, 9.17) is 0 Å². The van der Waals surface area contributed by atoms with Gasteiger partial charge in [0.1, 0.15) is 12.1 Å². The van der Waals surface area contributed by atoms with E-state index < -0.39 is 0 Å². The zero-order valence-electron chi connectivity index (χ0n) is 26.7. The molecule has 0 amide bonds. The number of rotatable bonds is 4. The molecule has 0 aliphatic carbocycles. The molecule has 0 fully saturated rings. The van der Waals surface area contributed by atoms with Crippen molar-refractivity contribution in [3.63, 3.8) is 0 Å². The molecule has 5 nitrogen and oxygen atoms in total. The number of aromatic nitrogens is 2. The third kappa shape index (κ3) is 4.24. The highest BCUT2D eigenvalue weighted by atomic mass is 15.0. The Morgan fingerprint density at radius 1 is 0.400 bits per heavy atom. The smallest absolute Gasteiger partial charge is 0.103 e. The fourth-order valence-corrected chi connectivity index (χ4v) is 7.49. The normalized spacial score (nSPS) is 11.1. The van der Waals surface area contributed by atoms with Crippen molar-refractivity contribution in [2.24, 2.45) is 0 Å². The quantitative estimate of drug-likeness (QED) is 0.193. The summed E-state index contributed by atoms with van der Waals surface area (Å²) in [6.07, 6.45) is 0. The molecular weight excluding hydrogens is 611 g/mol. The van der Waals surface area contributed by atoms with E-state index in [1.54, 1.807) is 12.1 Å².